The molecule has 1 rings (SSSR count). The van der Waals surface area contributed by atoms with Crippen molar-refractivity contribution in [1.29, 1.82) is 0 Å². The fourth-order valence-electron chi connectivity index (χ4n) is 1.83. The third kappa shape index (κ3) is 4.22. The molecule has 3 N–H and O–H groups in total. The van der Waals surface area contributed by atoms with E-state index in [0.29, 0.717) is 0 Å². The van der Waals surface area contributed by atoms with Crippen molar-refractivity contribution in [3.8, 4) is 0 Å². The highest BCUT2D eigenvalue weighted by Gasteiger charge is 2.38. The number of carbonyl (C=O) groups excluding carboxylic acids is 1. The number of carboxylic acids is 1. The van der Waals surface area contributed by atoms with Crippen LogP contribution in [0.5, 0.6) is 0 Å². The van der Waals surface area contributed by atoms with Gasteiger partial charge in [0.2, 0.25) is 0 Å². The molecule has 6 heteroatoms. The van der Waals surface area contributed by atoms with Gasteiger partial charge in [-0.3, -0.25) is 4.79 Å². The van der Waals surface area contributed by atoms with Gasteiger partial charge in [-0.05, 0) is 33.6 Å². The minimum atomic E-state index is -0.947. The Balaban J connectivity index is 2.47. The lowest BCUT2D eigenvalue weighted by Crippen LogP contribution is -2.42. The van der Waals surface area contributed by atoms with Crippen molar-refractivity contribution in [3.05, 3.63) is 0 Å². The first-order valence-electron chi connectivity index (χ1n) is 5.59. The minimum absolute atomic E-state index is 0.162. The first-order valence-corrected chi connectivity index (χ1v) is 5.59. The zero-order chi connectivity index (χ0) is 13.2. The molecular formula is C11H19NO5. The van der Waals surface area contributed by atoms with Crippen LogP contribution in [0.3, 0.4) is 0 Å². The molecule has 3 atom stereocenters. The highest BCUT2D eigenvalue weighted by atomic mass is 16.6. The van der Waals surface area contributed by atoms with Gasteiger partial charge in [0.25, 0.3) is 0 Å². The van der Waals surface area contributed by atoms with Crippen LogP contribution < -0.4 is 5.32 Å². The Morgan fingerprint density at radius 3 is 2.29 bits per heavy atom. The molecule has 0 heterocycles. The molecule has 0 aromatic heterocycles. The molecule has 0 aromatic carbocycles. The van der Waals surface area contributed by atoms with E-state index in [-0.39, 0.29) is 12.8 Å². The number of aliphatic hydroxyl groups is 1. The van der Waals surface area contributed by atoms with Crippen LogP contribution in [0, 0.1) is 5.92 Å². The summed E-state index contributed by atoms with van der Waals surface area (Å²) in [5.41, 5.74) is -0.611. The third-order valence-corrected chi connectivity index (χ3v) is 2.58. The zero-order valence-electron chi connectivity index (χ0n) is 10.3. The van der Waals surface area contributed by atoms with Gasteiger partial charge in [0.15, 0.2) is 0 Å². The van der Waals surface area contributed by atoms with E-state index in [1.807, 2.05) is 0 Å². The Bertz CT molecular complexity index is 309. The molecule has 17 heavy (non-hydrogen) atoms. The first-order chi connectivity index (χ1) is 7.69. The van der Waals surface area contributed by atoms with Crippen LogP contribution >= 0.6 is 0 Å². The van der Waals surface area contributed by atoms with Crippen molar-refractivity contribution in [1.82, 2.24) is 5.32 Å². The van der Waals surface area contributed by atoms with E-state index in [9.17, 15) is 14.7 Å². The molecule has 0 aliphatic heterocycles. The molecule has 1 aliphatic rings. The largest absolute Gasteiger partial charge is 0.481 e. The van der Waals surface area contributed by atoms with E-state index in [0.717, 1.165) is 0 Å². The predicted molar refractivity (Wildman–Crippen MR) is 59.5 cm³/mol. The van der Waals surface area contributed by atoms with Gasteiger partial charge < -0.3 is 20.3 Å². The van der Waals surface area contributed by atoms with Crippen LogP contribution in [0.25, 0.3) is 0 Å². The number of rotatable bonds is 2. The summed E-state index contributed by atoms with van der Waals surface area (Å²) >= 11 is 0. The number of hydrogen-bond donors (Lipinski definition) is 3. The molecule has 0 radical (unpaired) electrons. The highest BCUT2D eigenvalue weighted by molar-refractivity contribution is 5.72. The number of carbonyl (C=O) groups is 2. The van der Waals surface area contributed by atoms with Crippen molar-refractivity contribution in [2.24, 2.45) is 5.92 Å². The van der Waals surface area contributed by atoms with Crippen molar-refractivity contribution in [2.45, 2.75) is 51.4 Å². The summed E-state index contributed by atoms with van der Waals surface area (Å²) in [7, 11) is 0. The fourth-order valence-corrected chi connectivity index (χ4v) is 1.83. The lowest BCUT2D eigenvalue weighted by atomic mass is 10.1. The molecular weight excluding hydrogens is 226 g/mol. The highest BCUT2D eigenvalue weighted by Crippen LogP contribution is 2.26. The summed E-state index contributed by atoms with van der Waals surface area (Å²) in [6, 6.07) is -0.550. The second-order valence-electron chi connectivity index (χ2n) is 5.33. The first kappa shape index (κ1) is 13.8. The summed E-state index contributed by atoms with van der Waals surface area (Å²) in [6.07, 6.45) is -1.07. The van der Waals surface area contributed by atoms with Crippen LogP contribution in [-0.2, 0) is 9.53 Å². The van der Waals surface area contributed by atoms with Crippen molar-refractivity contribution < 1.29 is 24.5 Å². The quantitative estimate of drug-likeness (QED) is 0.666. The van der Waals surface area contributed by atoms with Crippen molar-refractivity contribution in [3.63, 3.8) is 0 Å². The SMILES string of the molecule is CC(C)(C)OC(=O)N[C@H]1CC(C(=O)O)C[C@@H]1O. The Hall–Kier alpha value is -1.30. The predicted octanol–water partition coefficient (Wildman–Crippen LogP) is 0.735. The van der Waals surface area contributed by atoms with E-state index in [1.165, 1.54) is 0 Å². The smallest absolute Gasteiger partial charge is 0.407 e. The van der Waals surface area contributed by atoms with Gasteiger partial charge in [-0.15, -0.1) is 0 Å². The molecule has 1 saturated carbocycles. The summed E-state index contributed by atoms with van der Waals surface area (Å²) in [6.45, 7) is 5.20. The van der Waals surface area contributed by atoms with E-state index >= 15 is 0 Å². The molecule has 1 amide bonds. The number of hydrogen-bond acceptors (Lipinski definition) is 4. The molecule has 0 spiro atoms. The van der Waals surface area contributed by atoms with Gasteiger partial charge in [-0.2, -0.15) is 0 Å². The summed E-state index contributed by atoms with van der Waals surface area (Å²) in [5.74, 6) is -1.55. The normalized spacial score (nSPS) is 28.8. The van der Waals surface area contributed by atoms with Gasteiger partial charge in [-0.25, -0.2) is 4.79 Å². The second-order valence-corrected chi connectivity index (χ2v) is 5.33. The van der Waals surface area contributed by atoms with Gasteiger partial charge in [0, 0.05) is 0 Å². The van der Waals surface area contributed by atoms with E-state index in [1.54, 1.807) is 20.8 Å². The number of aliphatic hydroxyl groups excluding tert-OH is 1. The fraction of sp³-hybridized carbons (Fsp3) is 0.818. The van der Waals surface area contributed by atoms with Crippen LogP contribution in [0.2, 0.25) is 0 Å². The number of amides is 1. The lowest BCUT2D eigenvalue weighted by molar-refractivity contribution is -0.141. The molecule has 1 aliphatic carbocycles. The third-order valence-electron chi connectivity index (χ3n) is 2.58. The van der Waals surface area contributed by atoms with Crippen molar-refractivity contribution >= 4 is 12.1 Å². The maximum absolute atomic E-state index is 11.4. The average Bonchev–Trinajstić information content (AvgIpc) is 2.44. The number of carboxylic acid groups (broad SMARTS) is 1. The lowest BCUT2D eigenvalue weighted by Gasteiger charge is -2.22. The van der Waals surface area contributed by atoms with Crippen LogP contribution in [0.4, 0.5) is 4.79 Å². The Labute approximate surface area is 100.0 Å². The number of nitrogens with one attached hydrogen (secondary N) is 1. The van der Waals surface area contributed by atoms with E-state index in [4.69, 9.17) is 9.84 Å². The molecule has 1 fully saturated rings. The van der Waals surface area contributed by atoms with Gasteiger partial charge >= 0.3 is 12.1 Å². The molecule has 0 bridgehead atoms. The topological polar surface area (TPSA) is 95.9 Å². The van der Waals surface area contributed by atoms with Gasteiger partial charge in [0.05, 0.1) is 18.1 Å². The average molecular weight is 245 g/mol. The maximum Gasteiger partial charge on any atom is 0.407 e. The molecule has 1 unspecified atom stereocenters. The Morgan fingerprint density at radius 2 is 1.88 bits per heavy atom. The number of alkyl carbamates (subject to hydrolysis) is 1. The van der Waals surface area contributed by atoms with Gasteiger partial charge in [0.1, 0.15) is 5.60 Å². The maximum atomic E-state index is 11.4. The van der Waals surface area contributed by atoms with E-state index < -0.39 is 35.7 Å². The number of ether oxygens (including phenoxy) is 1. The standard InChI is InChI=1S/C11H19NO5/c1-11(2,3)17-10(16)12-7-4-6(9(14)15)5-8(7)13/h6-8,13H,4-5H2,1-3H3,(H,12,16)(H,14,15)/t6?,7-,8-/m0/s1. The van der Waals surface area contributed by atoms with Crippen LogP contribution in [0.15, 0.2) is 0 Å². The zero-order valence-corrected chi connectivity index (χ0v) is 10.3. The minimum Gasteiger partial charge on any atom is -0.481 e. The van der Waals surface area contributed by atoms with Crippen LogP contribution in [0.1, 0.15) is 33.6 Å². The number of aliphatic carboxylic acids is 1. The second kappa shape index (κ2) is 4.91. The van der Waals surface area contributed by atoms with Gasteiger partial charge in [-0.1, -0.05) is 0 Å². The summed E-state index contributed by atoms with van der Waals surface area (Å²) in [4.78, 5) is 22.2. The van der Waals surface area contributed by atoms with Crippen molar-refractivity contribution in [2.75, 3.05) is 0 Å². The monoisotopic (exact) mass is 245 g/mol. The Kier molecular flexibility index (Phi) is 3.98. The summed E-state index contributed by atoms with van der Waals surface area (Å²) in [5, 5.41) is 20.9. The molecule has 6 nitrogen and oxygen atoms in total. The van der Waals surface area contributed by atoms with E-state index in [2.05, 4.69) is 5.32 Å². The van der Waals surface area contributed by atoms with Crippen LogP contribution in [-0.4, -0.2) is 40.0 Å². The molecule has 0 saturated heterocycles. The molecule has 98 valence electrons. The molecule has 0 aromatic rings. The Morgan fingerprint density at radius 1 is 1.29 bits per heavy atom. The summed E-state index contributed by atoms with van der Waals surface area (Å²) < 4.78 is 5.04.